The van der Waals surface area contributed by atoms with E-state index in [9.17, 15) is 18.0 Å². The summed E-state index contributed by atoms with van der Waals surface area (Å²) in [6.07, 6.45) is -3.95. The number of alkyl halides is 3. The van der Waals surface area contributed by atoms with Crippen LogP contribution in [0.4, 0.5) is 18.9 Å². The number of halogens is 3. The number of rotatable bonds is 4. The van der Waals surface area contributed by atoms with Crippen LogP contribution in [0.1, 0.15) is 28.7 Å². The number of para-hydroxylation sites is 1. The molecule has 0 aliphatic rings. The molecule has 5 nitrogen and oxygen atoms in total. The molecular weight excluding hydrogens is 401 g/mol. The molecule has 29 heavy (non-hydrogen) atoms. The summed E-state index contributed by atoms with van der Waals surface area (Å²) in [4.78, 5) is 17.5. The van der Waals surface area contributed by atoms with Crippen molar-refractivity contribution in [2.24, 2.45) is 0 Å². The third-order valence-electron chi connectivity index (χ3n) is 4.37. The highest BCUT2D eigenvalue weighted by atomic mass is 32.1. The van der Waals surface area contributed by atoms with Crippen LogP contribution >= 0.6 is 11.3 Å². The zero-order valence-corrected chi connectivity index (χ0v) is 16.0. The number of carbonyl (C=O) groups is 1. The Kier molecular flexibility index (Phi) is 4.83. The largest absolute Gasteiger partial charge is 0.433 e. The minimum absolute atomic E-state index is 0.0443. The van der Waals surface area contributed by atoms with E-state index in [0.717, 1.165) is 11.6 Å². The van der Waals surface area contributed by atoms with E-state index in [1.54, 1.807) is 29.6 Å². The Morgan fingerprint density at radius 1 is 1.17 bits per heavy atom. The number of nitrogens with one attached hydrogen (secondary N) is 1. The second kappa shape index (κ2) is 7.32. The van der Waals surface area contributed by atoms with Crippen LogP contribution in [0.25, 0.3) is 16.2 Å². The van der Waals surface area contributed by atoms with Crippen molar-refractivity contribution in [1.29, 1.82) is 0 Å². The van der Waals surface area contributed by atoms with Gasteiger partial charge >= 0.3 is 6.18 Å². The van der Waals surface area contributed by atoms with Crippen molar-refractivity contribution in [2.45, 2.75) is 19.5 Å². The first kappa shape index (κ1) is 19.1. The van der Waals surface area contributed by atoms with Gasteiger partial charge in [0, 0.05) is 11.8 Å². The van der Waals surface area contributed by atoms with Gasteiger partial charge in [-0.25, -0.2) is 9.50 Å². The SMILES string of the molecule is CCc1ccccc1NC(=O)c1cc2nc(-c3cccs3)cc(C(F)(F)F)n2n1. The Morgan fingerprint density at radius 2 is 1.97 bits per heavy atom. The van der Waals surface area contributed by atoms with Crippen LogP contribution in [0.15, 0.2) is 53.9 Å². The first-order valence-electron chi connectivity index (χ1n) is 8.78. The molecule has 148 valence electrons. The molecule has 4 aromatic rings. The zero-order valence-electron chi connectivity index (χ0n) is 15.2. The molecular formula is C20H15F3N4OS. The molecule has 1 N–H and O–H groups in total. The van der Waals surface area contributed by atoms with Gasteiger partial charge in [-0.15, -0.1) is 11.3 Å². The van der Waals surface area contributed by atoms with E-state index < -0.39 is 17.8 Å². The van der Waals surface area contributed by atoms with Gasteiger partial charge in [0.15, 0.2) is 17.0 Å². The second-order valence-electron chi connectivity index (χ2n) is 6.27. The normalized spacial score (nSPS) is 11.7. The molecule has 9 heteroatoms. The van der Waals surface area contributed by atoms with E-state index in [1.165, 1.54) is 17.4 Å². The first-order valence-corrected chi connectivity index (χ1v) is 9.66. The summed E-state index contributed by atoms with van der Waals surface area (Å²) in [7, 11) is 0. The van der Waals surface area contributed by atoms with Crippen LogP contribution in [0, 0.1) is 0 Å². The summed E-state index contributed by atoms with van der Waals surface area (Å²) in [5, 5.41) is 8.35. The van der Waals surface area contributed by atoms with Crippen molar-refractivity contribution in [3.8, 4) is 10.6 Å². The number of hydrogen-bond donors (Lipinski definition) is 1. The van der Waals surface area contributed by atoms with Crippen molar-refractivity contribution in [3.05, 3.63) is 70.9 Å². The Morgan fingerprint density at radius 3 is 2.66 bits per heavy atom. The van der Waals surface area contributed by atoms with Gasteiger partial charge in [-0.05, 0) is 35.6 Å². The number of nitrogens with zero attached hydrogens (tertiary/aromatic N) is 3. The molecule has 3 aromatic heterocycles. The van der Waals surface area contributed by atoms with E-state index in [-0.39, 0.29) is 17.0 Å². The van der Waals surface area contributed by atoms with Gasteiger partial charge < -0.3 is 5.32 Å². The fourth-order valence-corrected chi connectivity index (χ4v) is 3.66. The quantitative estimate of drug-likeness (QED) is 0.492. The third-order valence-corrected chi connectivity index (χ3v) is 5.26. The molecule has 0 atom stereocenters. The minimum Gasteiger partial charge on any atom is -0.320 e. The van der Waals surface area contributed by atoms with Gasteiger partial charge in [0.25, 0.3) is 5.91 Å². The number of thiophene rings is 1. The number of anilines is 1. The van der Waals surface area contributed by atoms with E-state index in [0.29, 0.717) is 21.5 Å². The summed E-state index contributed by atoms with van der Waals surface area (Å²) in [5.74, 6) is -0.595. The highest BCUT2D eigenvalue weighted by molar-refractivity contribution is 7.13. The lowest BCUT2D eigenvalue weighted by atomic mass is 10.1. The van der Waals surface area contributed by atoms with Crippen molar-refractivity contribution in [3.63, 3.8) is 0 Å². The summed E-state index contributed by atoms with van der Waals surface area (Å²) in [6, 6.07) is 12.9. The maximum Gasteiger partial charge on any atom is 0.433 e. The lowest BCUT2D eigenvalue weighted by molar-refractivity contribution is -0.142. The highest BCUT2D eigenvalue weighted by Crippen LogP contribution is 2.33. The highest BCUT2D eigenvalue weighted by Gasteiger charge is 2.35. The monoisotopic (exact) mass is 416 g/mol. The Hall–Kier alpha value is -3.20. The number of aromatic nitrogens is 3. The number of aryl methyl sites for hydroxylation is 1. The molecule has 0 aliphatic carbocycles. The van der Waals surface area contributed by atoms with Crippen LogP contribution in [-0.2, 0) is 12.6 Å². The maximum absolute atomic E-state index is 13.6. The van der Waals surface area contributed by atoms with Crippen LogP contribution in [0.2, 0.25) is 0 Å². The summed E-state index contributed by atoms with van der Waals surface area (Å²) in [5.41, 5.74) is 0.523. The van der Waals surface area contributed by atoms with Crippen molar-refractivity contribution in [1.82, 2.24) is 14.6 Å². The van der Waals surface area contributed by atoms with Gasteiger partial charge in [0.1, 0.15) is 0 Å². The summed E-state index contributed by atoms with van der Waals surface area (Å²) in [6.45, 7) is 1.95. The van der Waals surface area contributed by atoms with Gasteiger partial charge in [-0.1, -0.05) is 31.2 Å². The van der Waals surface area contributed by atoms with Crippen LogP contribution < -0.4 is 5.32 Å². The Labute approximate surface area is 167 Å². The Bertz CT molecular complexity index is 1180. The lowest BCUT2D eigenvalue weighted by Crippen LogP contribution is -2.16. The fourth-order valence-electron chi connectivity index (χ4n) is 2.97. The van der Waals surface area contributed by atoms with Gasteiger partial charge in [0.2, 0.25) is 0 Å². The van der Waals surface area contributed by atoms with Crippen LogP contribution in [0.3, 0.4) is 0 Å². The van der Waals surface area contributed by atoms with Crippen LogP contribution in [-0.4, -0.2) is 20.5 Å². The minimum atomic E-state index is -4.65. The number of carbonyl (C=O) groups excluding carboxylic acids is 1. The summed E-state index contributed by atoms with van der Waals surface area (Å²) < 4.78 is 41.5. The molecule has 0 unspecified atom stereocenters. The average Bonchev–Trinajstić information content (AvgIpc) is 3.36. The molecule has 0 aliphatic heterocycles. The van der Waals surface area contributed by atoms with Gasteiger partial charge in [-0.3, -0.25) is 4.79 Å². The van der Waals surface area contributed by atoms with E-state index in [1.807, 2.05) is 19.1 Å². The second-order valence-corrected chi connectivity index (χ2v) is 7.21. The third kappa shape index (κ3) is 3.73. The predicted molar refractivity (Wildman–Crippen MR) is 105 cm³/mol. The van der Waals surface area contributed by atoms with E-state index >= 15 is 0 Å². The molecule has 0 saturated heterocycles. The molecule has 0 radical (unpaired) electrons. The van der Waals surface area contributed by atoms with Crippen molar-refractivity contribution >= 4 is 28.6 Å². The van der Waals surface area contributed by atoms with Gasteiger partial charge in [-0.2, -0.15) is 18.3 Å². The number of amides is 1. The topological polar surface area (TPSA) is 59.3 Å². The average molecular weight is 416 g/mol. The molecule has 0 bridgehead atoms. The van der Waals surface area contributed by atoms with Crippen molar-refractivity contribution in [2.75, 3.05) is 5.32 Å². The number of benzene rings is 1. The standard InChI is InChI=1S/C20H15F3N4OS/c1-2-12-6-3-4-7-13(12)25-19(28)15-11-18-24-14(16-8-5-9-29-16)10-17(20(21,22)23)27(18)26-15/h3-11H,2H2,1H3,(H,25,28). The zero-order chi connectivity index (χ0) is 20.6. The lowest BCUT2D eigenvalue weighted by Gasteiger charge is -2.10. The van der Waals surface area contributed by atoms with Gasteiger partial charge in [0.05, 0.1) is 10.6 Å². The molecule has 3 heterocycles. The predicted octanol–water partition coefficient (Wildman–Crippen LogP) is 5.29. The molecule has 1 aromatic carbocycles. The number of fused-ring (bicyclic) bond motifs is 1. The van der Waals surface area contributed by atoms with Crippen molar-refractivity contribution < 1.29 is 18.0 Å². The first-order chi connectivity index (χ1) is 13.9. The van der Waals surface area contributed by atoms with E-state index in [2.05, 4.69) is 15.4 Å². The molecule has 0 saturated carbocycles. The number of hydrogen-bond acceptors (Lipinski definition) is 4. The molecule has 0 fully saturated rings. The van der Waals surface area contributed by atoms with Crippen LogP contribution in [0.5, 0.6) is 0 Å². The van der Waals surface area contributed by atoms with E-state index in [4.69, 9.17) is 0 Å². The molecule has 4 rings (SSSR count). The molecule has 0 spiro atoms. The summed E-state index contributed by atoms with van der Waals surface area (Å²) >= 11 is 1.28. The fraction of sp³-hybridized carbons (Fsp3) is 0.150. The molecule has 1 amide bonds. The smallest absolute Gasteiger partial charge is 0.320 e. The maximum atomic E-state index is 13.6. The Balaban J connectivity index is 1.78.